The van der Waals surface area contributed by atoms with Crippen molar-refractivity contribution in [2.45, 2.75) is 50.7 Å². The largest absolute Gasteiger partial charge is 0.352 e. The minimum atomic E-state index is -3.86. The van der Waals surface area contributed by atoms with Crippen molar-refractivity contribution in [3.63, 3.8) is 0 Å². The van der Waals surface area contributed by atoms with Crippen LogP contribution in [0.15, 0.2) is 102 Å². The molecule has 0 saturated heterocycles. The second kappa shape index (κ2) is 13.7. The van der Waals surface area contributed by atoms with Gasteiger partial charge in [-0.2, -0.15) is 0 Å². The van der Waals surface area contributed by atoms with E-state index in [9.17, 15) is 18.0 Å². The Labute approximate surface area is 262 Å². The number of nitrogens with zero attached hydrogens (tertiary/aromatic N) is 2. The molecule has 1 aliphatic carbocycles. The molecular formula is C34H36BrN3O4S. The third-order valence-electron chi connectivity index (χ3n) is 7.93. The maximum Gasteiger partial charge on any atom is 0.244 e. The first kappa shape index (κ1) is 30.8. The summed E-state index contributed by atoms with van der Waals surface area (Å²) in [5, 5.41) is 4.79. The molecule has 0 unspecified atom stereocenters. The normalized spacial score (nSPS) is 14.4. The van der Waals surface area contributed by atoms with E-state index in [1.807, 2.05) is 84.9 Å². The van der Waals surface area contributed by atoms with Gasteiger partial charge in [-0.15, -0.1) is 0 Å². The molecule has 0 spiro atoms. The zero-order chi connectivity index (χ0) is 30.4. The summed E-state index contributed by atoms with van der Waals surface area (Å²) in [6, 6.07) is 29.3. The lowest BCUT2D eigenvalue weighted by Crippen LogP contribution is -2.54. The average molecular weight is 663 g/mol. The van der Waals surface area contributed by atoms with E-state index >= 15 is 0 Å². The standard InChI is InChI=1S/C34H36BrN3O4S/c1-43(41,42)38(31-20-10-15-27-14-5-8-19-30(27)31)24-33(39)37(23-26-13-9-16-28(35)21-26)32(22-25-11-3-2-4-12-25)34(40)36-29-17-6-7-18-29/h2-5,8-16,19-21,29,32H,6-7,17-18,22-24H2,1H3,(H,36,40)/t32-/m1/s1. The molecule has 0 aromatic heterocycles. The summed E-state index contributed by atoms with van der Waals surface area (Å²) in [6.07, 6.45) is 5.34. The van der Waals surface area contributed by atoms with Gasteiger partial charge < -0.3 is 10.2 Å². The SMILES string of the molecule is CS(=O)(=O)N(CC(=O)N(Cc1cccc(Br)c1)[C@H](Cc1ccccc1)C(=O)NC1CCCC1)c1cccc2ccccc12. The Bertz CT molecular complexity index is 1690. The van der Waals surface area contributed by atoms with Gasteiger partial charge in [0.2, 0.25) is 21.8 Å². The van der Waals surface area contributed by atoms with Crippen LogP contribution in [-0.2, 0) is 32.6 Å². The number of amides is 2. The predicted octanol–water partition coefficient (Wildman–Crippen LogP) is 6.07. The minimum absolute atomic E-state index is 0.0665. The Morgan fingerprint density at radius 2 is 1.53 bits per heavy atom. The highest BCUT2D eigenvalue weighted by Gasteiger charge is 2.34. The van der Waals surface area contributed by atoms with Crippen LogP contribution < -0.4 is 9.62 Å². The topological polar surface area (TPSA) is 86.8 Å². The van der Waals surface area contributed by atoms with Crippen molar-refractivity contribution in [3.05, 3.63) is 113 Å². The maximum atomic E-state index is 14.4. The van der Waals surface area contributed by atoms with Crippen LogP contribution in [0, 0.1) is 0 Å². The number of hydrogen-bond donors (Lipinski definition) is 1. The molecule has 1 fully saturated rings. The molecule has 1 aliphatic rings. The van der Waals surface area contributed by atoms with Gasteiger partial charge in [0.15, 0.2) is 0 Å². The lowest BCUT2D eigenvalue weighted by atomic mass is 10.0. The number of fused-ring (bicyclic) bond motifs is 1. The van der Waals surface area contributed by atoms with Crippen LogP contribution in [0.5, 0.6) is 0 Å². The molecule has 0 heterocycles. The van der Waals surface area contributed by atoms with Crippen LogP contribution in [0.2, 0.25) is 0 Å². The molecule has 1 saturated carbocycles. The Morgan fingerprint density at radius 1 is 0.884 bits per heavy atom. The molecule has 4 aromatic carbocycles. The second-order valence-electron chi connectivity index (χ2n) is 11.1. The van der Waals surface area contributed by atoms with Crippen LogP contribution in [0.1, 0.15) is 36.8 Å². The molecule has 1 atom stereocenters. The summed E-state index contributed by atoms with van der Waals surface area (Å²) < 4.78 is 28.5. The number of anilines is 1. The van der Waals surface area contributed by atoms with Gasteiger partial charge in [0.1, 0.15) is 12.6 Å². The molecule has 0 radical (unpaired) electrons. The summed E-state index contributed by atoms with van der Waals surface area (Å²) in [4.78, 5) is 29.9. The summed E-state index contributed by atoms with van der Waals surface area (Å²) in [5.74, 6) is -0.684. The minimum Gasteiger partial charge on any atom is -0.352 e. The van der Waals surface area contributed by atoms with Crippen molar-refractivity contribution in [2.75, 3.05) is 17.1 Å². The van der Waals surface area contributed by atoms with Crippen LogP contribution in [0.25, 0.3) is 10.8 Å². The molecule has 4 aromatic rings. The van der Waals surface area contributed by atoms with Crippen LogP contribution >= 0.6 is 15.9 Å². The van der Waals surface area contributed by atoms with E-state index in [4.69, 9.17) is 0 Å². The third-order valence-corrected chi connectivity index (χ3v) is 9.55. The van der Waals surface area contributed by atoms with Crippen molar-refractivity contribution < 1.29 is 18.0 Å². The fourth-order valence-corrected chi connectivity index (χ4v) is 7.08. The molecule has 1 N–H and O–H groups in total. The van der Waals surface area contributed by atoms with Gasteiger partial charge in [0.05, 0.1) is 11.9 Å². The van der Waals surface area contributed by atoms with Crippen LogP contribution in [0.4, 0.5) is 5.69 Å². The number of carbonyl (C=O) groups excluding carboxylic acids is 2. The molecule has 5 rings (SSSR count). The fourth-order valence-electron chi connectivity index (χ4n) is 5.77. The molecule has 0 bridgehead atoms. The highest BCUT2D eigenvalue weighted by Crippen LogP contribution is 2.29. The Morgan fingerprint density at radius 3 is 2.26 bits per heavy atom. The van der Waals surface area contributed by atoms with Gasteiger partial charge in [0.25, 0.3) is 0 Å². The van der Waals surface area contributed by atoms with Crippen molar-refractivity contribution >= 4 is 54.2 Å². The second-order valence-corrected chi connectivity index (χ2v) is 13.9. The predicted molar refractivity (Wildman–Crippen MR) is 175 cm³/mol. The summed E-state index contributed by atoms with van der Waals surface area (Å²) in [6.45, 7) is -0.302. The monoisotopic (exact) mass is 661 g/mol. The number of hydrogen-bond acceptors (Lipinski definition) is 4. The number of carbonyl (C=O) groups is 2. The van der Waals surface area contributed by atoms with E-state index in [0.717, 1.165) is 62.6 Å². The van der Waals surface area contributed by atoms with Gasteiger partial charge in [0, 0.05) is 28.9 Å². The van der Waals surface area contributed by atoms with E-state index < -0.39 is 28.5 Å². The number of halogens is 1. The lowest BCUT2D eigenvalue weighted by molar-refractivity contribution is -0.140. The Kier molecular flexibility index (Phi) is 9.82. The van der Waals surface area contributed by atoms with Crippen molar-refractivity contribution in [3.8, 4) is 0 Å². The number of benzene rings is 4. The Hall–Kier alpha value is -3.69. The van der Waals surface area contributed by atoms with E-state index in [2.05, 4.69) is 21.2 Å². The highest BCUT2D eigenvalue weighted by molar-refractivity contribution is 9.10. The Balaban J connectivity index is 1.55. The molecule has 43 heavy (non-hydrogen) atoms. The zero-order valence-corrected chi connectivity index (χ0v) is 26.6. The zero-order valence-electron chi connectivity index (χ0n) is 24.2. The van der Waals surface area contributed by atoms with Gasteiger partial charge in [-0.05, 0) is 47.6 Å². The van der Waals surface area contributed by atoms with Gasteiger partial charge in [-0.1, -0.05) is 108 Å². The molecular weight excluding hydrogens is 626 g/mol. The fraction of sp³-hybridized carbons (Fsp3) is 0.294. The van der Waals surface area contributed by atoms with Crippen molar-refractivity contribution in [1.82, 2.24) is 10.2 Å². The van der Waals surface area contributed by atoms with Gasteiger partial charge in [-0.3, -0.25) is 13.9 Å². The van der Waals surface area contributed by atoms with E-state index in [1.54, 1.807) is 17.0 Å². The summed E-state index contributed by atoms with van der Waals surface area (Å²) >= 11 is 3.52. The molecule has 224 valence electrons. The van der Waals surface area contributed by atoms with Gasteiger partial charge in [-0.25, -0.2) is 8.42 Å². The molecule has 2 amide bonds. The van der Waals surface area contributed by atoms with Crippen LogP contribution in [-0.4, -0.2) is 50.0 Å². The van der Waals surface area contributed by atoms with Crippen molar-refractivity contribution in [1.29, 1.82) is 0 Å². The number of nitrogens with one attached hydrogen (secondary N) is 1. The molecule has 7 nitrogen and oxygen atoms in total. The van der Waals surface area contributed by atoms with E-state index in [-0.39, 0.29) is 18.5 Å². The first-order valence-corrected chi connectivity index (χ1v) is 17.2. The first-order valence-electron chi connectivity index (χ1n) is 14.5. The summed E-state index contributed by atoms with van der Waals surface area (Å²) in [7, 11) is -3.86. The quantitative estimate of drug-likeness (QED) is 0.212. The molecule has 9 heteroatoms. The number of sulfonamides is 1. The van der Waals surface area contributed by atoms with Crippen LogP contribution in [0.3, 0.4) is 0 Å². The third kappa shape index (κ3) is 7.83. The maximum absolute atomic E-state index is 14.4. The molecule has 0 aliphatic heterocycles. The average Bonchev–Trinajstić information content (AvgIpc) is 3.50. The lowest BCUT2D eigenvalue weighted by Gasteiger charge is -2.34. The van der Waals surface area contributed by atoms with E-state index in [0.29, 0.717) is 12.1 Å². The number of rotatable bonds is 11. The van der Waals surface area contributed by atoms with E-state index in [1.165, 1.54) is 0 Å². The highest BCUT2D eigenvalue weighted by atomic mass is 79.9. The smallest absolute Gasteiger partial charge is 0.244 e. The van der Waals surface area contributed by atoms with Crippen molar-refractivity contribution in [2.24, 2.45) is 0 Å². The summed E-state index contributed by atoms with van der Waals surface area (Å²) in [5.41, 5.74) is 2.16. The van der Waals surface area contributed by atoms with Gasteiger partial charge >= 0.3 is 0 Å². The first-order chi connectivity index (χ1) is 20.7.